The first kappa shape index (κ1) is 12.1. The number of hydrogen-bond donors (Lipinski definition) is 2. The maximum Gasteiger partial charge on any atom is 0.257 e. The molecule has 0 bridgehead atoms. The fraction of sp³-hybridized carbons (Fsp3) is 0.667. The molecule has 0 aromatic heterocycles. The molecule has 0 aromatic rings. The smallest absolute Gasteiger partial charge is 0.257 e. The first-order chi connectivity index (χ1) is 5.95. The number of rotatable bonds is 6. The molecule has 0 unspecified atom stereocenters. The topological polar surface area (TPSA) is 41.1 Å². The van der Waals surface area contributed by atoms with Crippen LogP contribution in [-0.4, -0.2) is 44.6 Å². The molecule has 0 saturated carbocycles. The van der Waals surface area contributed by atoms with Gasteiger partial charge < -0.3 is 4.48 Å². The van der Waals surface area contributed by atoms with E-state index in [1.807, 2.05) is 0 Å². The Morgan fingerprint density at radius 1 is 1.46 bits per heavy atom. The van der Waals surface area contributed by atoms with Gasteiger partial charge in [-0.05, 0) is 6.08 Å². The number of carbonyl (C=O) groups excluding carboxylic acids is 1. The summed E-state index contributed by atoms with van der Waals surface area (Å²) in [5, 5.41) is 0. The first-order valence-electron chi connectivity index (χ1n) is 4.41. The van der Waals surface area contributed by atoms with E-state index >= 15 is 0 Å². The van der Waals surface area contributed by atoms with Crippen LogP contribution in [0.2, 0.25) is 0 Å². The predicted molar refractivity (Wildman–Crippen MR) is 53.9 cm³/mol. The van der Waals surface area contributed by atoms with Crippen molar-refractivity contribution < 1.29 is 9.28 Å². The normalized spacial score (nSPS) is 11.0. The molecule has 0 spiro atoms. The zero-order chi connectivity index (χ0) is 10.3. The highest BCUT2D eigenvalue weighted by molar-refractivity contribution is 5.86. The van der Waals surface area contributed by atoms with Crippen LogP contribution in [0.5, 0.6) is 0 Å². The van der Waals surface area contributed by atoms with Gasteiger partial charge in [-0.3, -0.25) is 10.2 Å². The molecule has 2 N–H and O–H groups in total. The van der Waals surface area contributed by atoms with E-state index < -0.39 is 0 Å². The van der Waals surface area contributed by atoms with Crippen molar-refractivity contribution >= 4 is 5.91 Å². The minimum Gasteiger partial charge on any atom is -0.331 e. The van der Waals surface area contributed by atoms with Gasteiger partial charge >= 0.3 is 0 Å². The van der Waals surface area contributed by atoms with Gasteiger partial charge in [-0.25, -0.2) is 5.43 Å². The van der Waals surface area contributed by atoms with Crippen molar-refractivity contribution in [2.75, 3.05) is 34.2 Å². The molecule has 0 saturated heterocycles. The van der Waals surface area contributed by atoms with E-state index in [-0.39, 0.29) is 5.91 Å². The summed E-state index contributed by atoms with van der Waals surface area (Å²) in [5.41, 5.74) is 5.33. The fourth-order valence-electron chi connectivity index (χ4n) is 0.842. The maximum atomic E-state index is 10.7. The van der Waals surface area contributed by atoms with Crippen molar-refractivity contribution in [1.82, 2.24) is 10.9 Å². The molecule has 0 rings (SSSR count). The lowest BCUT2D eigenvalue weighted by atomic mass is 10.4. The van der Waals surface area contributed by atoms with E-state index in [1.165, 1.54) is 6.08 Å². The summed E-state index contributed by atoms with van der Waals surface area (Å²) >= 11 is 0. The molecule has 0 aliphatic carbocycles. The van der Waals surface area contributed by atoms with Gasteiger partial charge in [0.2, 0.25) is 0 Å². The zero-order valence-electron chi connectivity index (χ0n) is 8.76. The Morgan fingerprint density at radius 2 is 2.08 bits per heavy atom. The molecular formula is C9H20N3O+. The van der Waals surface area contributed by atoms with Crippen molar-refractivity contribution in [2.24, 2.45) is 0 Å². The molecule has 1 amide bonds. The Hall–Kier alpha value is -0.870. The third-order valence-corrected chi connectivity index (χ3v) is 1.53. The highest BCUT2D eigenvalue weighted by Gasteiger charge is 2.04. The summed E-state index contributed by atoms with van der Waals surface area (Å²) < 4.78 is 0.942. The third kappa shape index (κ3) is 9.04. The zero-order valence-corrected chi connectivity index (χ0v) is 8.76. The molecule has 0 aliphatic heterocycles. The standard InChI is InChI=1S/C9H19N3O/c1-5-9(13)11-10-7-6-8-12(2,3)4/h5,10H,1,6-8H2,2-4H3/p+1. The van der Waals surface area contributed by atoms with Crippen molar-refractivity contribution in [1.29, 1.82) is 0 Å². The Bertz CT molecular complexity index is 172. The van der Waals surface area contributed by atoms with Crippen LogP contribution in [0.1, 0.15) is 6.42 Å². The lowest BCUT2D eigenvalue weighted by Crippen LogP contribution is -2.40. The van der Waals surface area contributed by atoms with E-state index in [0.29, 0.717) is 0 Å². The summed E-state index contributed by atoms with van der Waals surface area (Å²) in [6, 6.07) is 0. The molecule has 4 heteroatoms. The first-order valence-corrected chi connectivity index (χ1v) is 4.41. The molecule has 0 heterocycles. The summed E-state index contributed by atoms with van der Waals surface area (Å²) in [7, 11) is 6.42. The number of hydrazine groups is 1. The number of amides is 1. The largest absolute Gasteiger partial charge is 0.331 e. The average Bonchev–Trinajstić information content (AvgIpc) is 2.01. The summed E-state index contributed by atoms with van der Waals surface area (Å²) in [6.45, 7) is 5.21. The van der Waals surface area contributed by atoms with Crippen LogP contribution in [0.4, 0.5) is 0 Å². The van der Waals surface area contributed by atoms with Crippen LogP contribution in [0, 0.1) is 0 Å². The van der Waals surface area contributed by atoms with Gasteiger partial charge in [-0.1, -0.05) is 6.58 Å². The second-order valence-electron chi connectivity index (χ2n) is 3.99. The van der Waals surface area contributed by atoms with Crippen molar-refractivity contribution in [3.63, 3.8) is 0 Å². The fourth-order valence-corrected chi connectivity index (χ4v) is 0.842. The summed E-state index contributed by atoms with van der Waals surface area (Å²) in [6.07, 6.45) is 2.27. The minimum atomic E-state index is -0.190. The molecule has 0 aliphatic rings. The molecule has 0 radical (unpaired) electrons. The quantitative estimate of drug-likeness (QED) is 0.263. The van der Waals surface area contributed by atoms with E-state index in [2.05, 4.69) is 38.6 Å². The minimum absolute atomic E-state index is 0.190. The van der Waals surface area contributed by atoms with Crippen LogP contribution < -0.4 is 10.9 Å². The number of hydrogen-bond acceptors (Lipinski definition) is 2. The Morgan fingerprint density at radius 3 is 2.54 bits per heavy atom. The van der Waals surface area contributed by atoms with Gasteiger partial charge in [-0.2, -0.15) is 0 Å². The van der Waals surface area contributed by atoms with Gasteiger partial charge in [0, 0.05) is 13.0 Å². The Labute approximate surface area is 80.2 Å². The number of carbonyl (C=O) groups is 1. The van der Waals surface area contributed by atoms with E-state index in [4.69, 9.17) is 0 Å². The van der Waals surface area contributed by atoms with E-state index in [9.17, 15) is 4.79 Å². The predicted octanol–water partition coefficient (Wildman–Crippen LogP) is -0.110. The SMILES string of the molecule is C=CC(=O)NNCCC[N+](C)(C)C. The maximum absolute atomic E-state index is 10.7. The molecule has 76 valence electrons. The Balaban J connectivity index is 3.27. The molecule has 0 aromatic carbocycles. The van der Waals surface area contributed by atoms with Gasteiger partial charge in [-0.15, -0.1) is 0 Å². The second kappa shape index (κ2) is 5.72. The average molecular weight is 186 g/mol. The lowest BCUT2D eigenvalue weighted by Gasteiger charge is -2.23. The molecule has 0 fully saturated rings. The van der Waals surface area contributed by atoms with E-state index in [0.717, 1.165) is 24.0 Å². The lowest BCUT2D eigenvalue weighted by molar-refractivity contribution is -0.870. The van der Waals surface area contributed by atoms with Gasteiger partial charge in [0.1, 0.15) is 0 Å². The van der Waals surface area contributed by atoms with Crippen LogP contribution >= 0.6 is 0 Å². The summed E-state index contributed by atoms with van der Waals surface area (Å²) in [4.78, 5) is 10.7. The van der Waals surface area contributed by atoms with Crippen molar-refractivity contribution in [2.45, 2.75) is 6.42 Å². The number of quaternary nitrogens is 1. The summed E-state index contributed by atoms with van der Waals surface area (Å²) in [5.74, 6) is -0.190. The molecular weight excluding hydrogens is 166 g/mol. The van der Waals surface area contributed by atoms with Crippen LogP contribution in [0.3, 0.4) is 0 Å². The molecule has 4 nitrogen and oxygen atoms in total. The van der Waals surface area contributed by atoms with Crippen LogP contribution in [-0.2, 0) is 4.79 Å². The second-order valence-corrected chi connectivity index (χ2v) is 3.99. The molecule has 13 heavy (non-hydrogen) atoms. The molecule has 0 atom stereocenters. The van der Waals surface area contributed by atoms with Gasteiger partial charge in [0.25, 0.3) is 5.91 Å². The van der Waals surface area contributed by atoms with Crippen LogP contribution in [0.25, 0.3) is 0 Å². The van der Waals surface area contributed by atoms with Crippen molar-refractivity contribution in [3.05, 3.63) is 12.7 Å². The van der Waals surface area contributed by atoms with E-state index in [1.54, 1.807) is 0 Å². The van der Waals surface area contributed by atoms with Gasteiger partial charge in [0.15, 0.2) is 0 Å². The monoisotopic (exact) mass is 186 g/mol. The Kier molecular flexibility index (Phi) is 5.34. The highest BCUT2D eigenvalue weighted by Crippen LogP contribution is 1.91. The number of nitrogens with one attached hydrogen (secondary N) is 2. The van der Waals surface area contributed by atoms with Crippen LogP contribution in [0.15, 0.2) is 12.7 Å². The van der Waals surface area contributed by atoms with Crippen molar-refractivity contribution in [3.8, 4) is 0 Å². The third-order valence-electron chi connectivity index (χ3n) is 1.53. The highest BCUT2D eigenvalue weighted by atomic mass is 16.2. The van der Waals surface area contributed by atoms with Gasteiger partial charge in [0.05, 0.1) is 27.7 Å². The number of nitrogens with zero attached hydrogens (tertiary/aromatic N) is 1.